The second-order valence-electron chi connectivity index (χ2n) is 4.08. The molecule has 0 saturated carbocycles. The quantitative estimate of drug-likeness (QED) is 0.628. The molecule has 0 unspecified atom stereocenters. The van der Waals surface area contributed by atoms with Crippen LogP contribution in [-0.2, 0) is 16.9 Å². The van der Waals surface area contributed by atoms with Gasteiger partial charge < -0.3 is 0 Å². The number of alkyl halides is 2. The molecule has 1 aliphatic rings. The zero-order valence-electron chi connectivity index (χ0n) is 9.23. The number of rotatable bonds is 3. The number of aromatic nitrogens is 4. The number of hydrogen-bond acceptors (Lipinski definition) is 4. The molecule has 0 aliphatic carbocycles. The number of ether oxygens (including phenoxy) is 1. The van der Waals surface area contributed by atoms with Gasteiger partial charge in [0.05, 0.1) is 6.54 Å². The number of epoxide rings is 1. The summed E-state index contributed by atoms with van der Waals surface area (Å²) in [7, 11) is 0. The first kappa shape index (κ1) is 12.0. The molecule has 1 fully saturated rings. The average Bonchev–Trinajstić information content (AvgIpc) is 2.71. The monoisotopic (exact) mass is 274 g/mol. The van der Waals surface area contributed by atoms with E-state index in [1.165, 1.54) is 0 Å². The van der Waals surface area contributed by atoms with Crippen LogP contribution in [0, 0.1) is 11.6 Å². The lowest BCUT2D eigenvalue weighted by molar-refractivity contribution is 0.000375. The molecule has 1 aliphatic heterocycles. The van der Waals surface area contributed by atoms with Crippen molar-refractivity contribution in [3.05, 3.63) is 41.7 Å². The summed E-state index contributed by atoms with van der Waals surface area (Å²) in [5.74, 6) is -1.96. The summed E-state index contributed by atoms with van der Waals surface area (Å²) in [6.45, 7) is -0.477. The third kappa shape index (κ3) is 1.77. The number of hydrogen-bond donors (Lipinski definition) is 0. The Morgan fingerprint density at radius 2 is 2.00 bits per heavy atom. The predicted molar refractivity (Wildman–Crippen MR) is 51.9 cm³/mol. The van der Waals surface area contributed by atoms with Gasteiger partial charge in [-0.05, 0) is 22.6 Å². The van der Waals surface area contributed by atoms with Crippen molar-refractivity contribution in [1.29, 1.82) is 0 Å². The standard InChI is InChI=1S/C10H6F4N4O/c11-6-1-2-7(8(12)3-6)9(10(13,14)19-9)4-18-5-15-16-17-18/h1-3,5H,4H2/t9-/m1/s1. The van der Waals surface area contributed by atoms with Crippen LogP contribution < -0.4 is 0 Å². The van der Waals surface area contributed by atoms with Crippen LogP contribution in [0.1, 0.15) is 5.56 Å². The van der Waals surface area contributed by atoms with E-state index < -0.39 is 35.5 Å². The lowest BCUT2D eigenvalue weighted by Gasteiger charge is -2.12. The van der Waals surface area contributed by atoms with Crippen molar-refractivity contribution in [2.75, 3.05) is 0 Å². The zero-order chi connectivity index (χ0) is 13.7. The molecule has 1 atom stereocenters. The molecule has 0 spiro atoms. The fourth-order valence-corrected chi connectivity index (χ4v) is 1.91. The molecule has 3 rings (SSSR count). The molecule has 9 heteroatoms. The van der Waals surface area contributed by atoms with Crippen molar-refractivity contribution in [2.24, 2.45) is 0 Å². The molecule has 100 valence electrons. The van der Waals surface area contributed by atoms with Crippen LogP contribution in [0.2, 0.25) is 0 Å². The first-order valence-corrected chi connectivity index (χ1v) is 5.19. The van der Waals surface area contributed by atoms with Gasteiger partial charge in [-0.15, -0.1) is 5.10 Å². The second-order valence-corrected chi connectivity index (χ2v) is 4.08. The van der Waals surface area contributed by atoms with Gasteiger partial charge in [-0.3, -0.25) is 4.74 Å². The van der Waals surface area contributed by atoms with Crippen LogP contribution in [0.4, 0.5) is 17.6 Å². The Balaban J connectivity index is 2.02. The van der Waals surface area contributed by atoms with E-state index in [4.69, 9.17) is 0 Å². The van der Waals surface area contributed by atoms with E-state index >= 15 is 0 Å². The predicted octanol–water partition coefficient (Wildman–Crippen LogP) is 1.47. The van der Waals surface area contributed by atoms with E-state index in [1.807, 2.05) is 0 Å². The third-order valence-electron chi connectivity index (χ3n) is 2.87. The molecule has 0 bridgehead atoms. The fourth-order valence-electron chi connectivity index (χ4n) is 1.91. The Bertz CT molecular complexity index is 618. The lowest BCUT2D eigenvalue weighted by atomic mass is 9.98. The number of benzene rings is 1. The van der Waals surface area contributed by atoms with Crippen molar-refractivity contribution >= 4 is 0 Å². The van der Waals surface area contributed by atoms with Crippen molar-refractivity contribution in [1.82, 2.24) is 20.2 Å². The van der Waals surface area contributed by atoms with Crippen LogP contribution in [0.25, 0.3) is 0 Å². The van der Waals surface area contributed by atoms with Gasteiger partial charge in [0.15, 0.2) is 0 Å². The summed E-state index contributed by atoms with van der Waals surface area (Å²) >= 11 is 0. The molecule has 1 aromatic heterocycles. The molecule has 2 aromatic rings. The summed E-state index contributed by atoms with van der Waals surface area (Å²) < 4.78 is 58.7. The Kier molecular flexibility index (Phi) is 2.36. The van der Waals surface area contributed by atoms with Crippen LogP contribution in [0.5, 0.6) is 0 Å². The van der Waals surface area contributed by atoms with Gasteiger partial charge in [0.1, 0.15) is 18.0 Å². The minimum atomic E-state index is -3.56. The first-order valence-electron chi connectivity index (χ1n) is 5.19. The van der Waals surface area contributed by atoms with Crippen LogP contribution in [0.3, 0.4) is 0 Å². The van der Waals surface area contributed by atoms with Crippen LogP contribution in [-0.4, -0.2) is 26.3 Å². The van der Waals surface area contributed by atoms with Gasteiger partial charge in [-0.25, -0.2) is 13.5 Å². The topological polar surface area (TPSA) is 56.1 Å². The third-order valence-corrected chi connectivity index (χ3v) is 2.87. The van der Waals surface area contributed by atoms with Gasteiger partial charge in [-0.1, -0.05) is 0 Å². The van der Waals surface area contributed by atoms with Gasteiger partial charge in [0, 0.05) is 11.6 Å². The largest absolute Gasteiger partial charge is 0.392 e. The highest BCUT2D eigenvalue weighted by Crippen LogP contribution is 2.59. The Hall–Kier alpha value is -2.03. The van der Waals surface area contributed by atoms with Gasteiger partial charge in [-0.2, -0.15) is 8.78 Å². The van der Waals surface area contributed by atoms with Gasteiger partial charge >= 0.3 is 6.11 Å². The molecule has 5 nitrogen and oxygen atoms in total. The summed E-state index contributed by atoms with van der Waals surface area (Å²) in [6.07, 6.45) is -2.46. The normalized spacial score (nSPS) is 24.4. The van der Waals surface area contributed by atoms with Crippen LogP contribution >= 0.6 is 0 Å². The van der Waals surface area contributed by atoms with E-state index in [-0.39, 0.29) is 0 Å². The first-order chi connectivity index (χ1) is 8.95. The highest BCUT2D eigenvalue weighted by molar-refractivity contribution is 5.31. The maximum Gasteiger partial charge on any atom is 0.392 e. The van der Waals surface area contributed by atoms with Crippen molar-refractivity contribution in [2.45, 2.75) is 18.3 Å². The zero-order valence-corrected chi connectivity index (χ0v) is 9.23. The molecule has 2 heterocycles. The van der Waals surface area contributed by atoms with E-state index in [0.717, 1.165) is 23.1 Å². The molecular formula is C10H6F4N4O. The van der Waals surface area contributed by atoms with E-state index in [1.54, 1.807) is 0 Å². The highest BCUT2D eigenvalue weighted by Gasteiger charge is 2.76. The molecular weight excluding hydrogens is 268 g/mol. The number of nitrogens with zero attached hydrogens (tertiary/aromatic N) is 4. The van der Waals surface area contributed by atoms with Crippen LogP contribution in [0.15, 0.2) is 24.5 Å². The molecule has 19 heavy (non-hydrogen) atoms. The minimum absolute atomic E-state index is 0.436. The van der Waals surface area contributed by atoms with Gasteiger partial charge in [0.25, 0.3) is 0 Å². The smallest absolute Gasteiger partial charge is 0.295 e. The van der Waals surface area contributed by atoms with Crippen molar-refractivity contribution < 1.29 is 22.3 Å². The summed E-state index contributed by atoms with van der Waals surface area (Å²) in [5.41, 5.74) is -2.64. The maximum atomic E-state index is 13.6. The summed E-state index contributed by atoms with van der Waals surface area (Å²) in [4.78, 5) is 0. The lowest BCUT2D eigenvalue weighted by Crippen LogP contribution is -2.25. The highest BCUT2D eigenvalue weighted by atomic mass is 19.3. The molecule has 0 radical (unpaired) electrons. The Labute approximate surface area is 103 Å². The molecule has 1 aromatic carbocycles. The van der Waals surface area contributed by atoms with Crippen molar-refractivity contribution in [3.8, 4) is 0 Å². The average molecular weight is 274 g/mol. The fraction of sp³-hybridized carbons (Fsp3) is 0.300. The van der Waals surface area contributed by atoms with Gasteiger partial charge in [0.2, 0.25) is 5.60 Å². The minimum Gasteiger partial charge on any atom is -0.295 e. The molecule has 0 amide bonds. The number of halogens is 4. The summed E-state index contributed by atoms with van der Waals surface area (Å²) in [6, 6.07) is 2.34. The van der Waals surface area contributed by atoms with Crippen molar-refractivity contribution in [3.63, 3.8) is 0 Å². The van der Waals surface area contributed by atoms with E-state index in [9.17, 15) is 17.6 Å². The summed E-state index contributed by atoms with van der Waals surface area (Å²) in [5, 5.41) is 10.0. The Morgan fingerprint density at radius 1 is 1.26 bits per heavy atom. The molecule has 0 N–H and O–H groups in total. The van der Waals surface area contributed by atoms with E-state index in [0.29, 0.717) is 6.07 Å². The SMILES string of the molecule is Fc1ccc([C@@]2(Cn3cnnn3)OC2(F)F)c(F)c1. The Morgan fingerprint density at radius 3 is 2.53 bits per heavy atom. The molecule has 1 saturated heterocycles. The van der Waals surface area contributed by atoms with E-state index in [2.05, 4.69) is 20.3 Å². The second kappa shape index (κ2) is 3.73. The number of tetrazole rings is 1. The maximum absolute atomic E-state index is 13.6.